The van der Waals surface area contributed by atoms with Crippen LogP contribution in [-0.2, 0) is 4.79 Å². The van der Waals surface area contributed by atoms with E-state index in [4.69, 9.17) is 0 Å². The molecule has 4 amide bonds. The molecule has 8 heteroatoms. The first kappa shape index (κ1) is 16.9. The van der Waals surface area contributed by atoms with Gasteiger partial charge in [-0.3, -0.25) is 19.5 Å². The number of carbonyl (C=O) groups is 3. The lowest BCUT2D eigenvalue weighted by Crippen LogP contribution is -2.46. The minimum absolute atomic E-state index is 0.0500. The first-order valence-electron chi connectivity index (χ1n) is 9.14. The molecule has 8 nitrogen and oxygen atoms in total. The number of piperidine rings is 1. The molecule has 26 heavy (non-hydrogen) atoms. The maximum Gasteiger partial charge on any atom is 0.327 e. The highest BCUT2D eigenvalue weighted by molar-refractivity contribution is 6.04. The average molecular weight is 357 g/mol. The number of amides is 4. The largest absolute Gasteiger partial charge is 0.337 e. The molecule has 1 atom stereocenters. The number of hydrogen-bond donors (Lipinski definition) is 0. The Morgan fingerprint density at radius 2 is 1.96 bits per heavy atom. The van der Waals surface area contributed by atoms with Crippen molar-refractivity contribution in [2.45, 2.75) is 39.2 Å². The Labute approximate surface area is 152 Å². The number of nitrogens with zero attached hydrogens (tertiary/aromatic N) is 5. The molecular weight excluding hydrogens is 334 g/mol. The van der Waals surface area contributed by atoms with Crippen molar-refractivity contribution >= 4 is 17.8 Å². The first-order valence-corrected chi connectivity index (χ1v) is 9.14. The molecule has 0 N–H and O–H groups in total. The van der Waals surface area contributed by atoms with E-state index in [-0.39, 0.29) is 29.3 Å². The SMILES string of the molecule is CCN1C(=O)C2CC3(CCN(C(=O)c4cnc(C)cn4)CC3)CN2C1=O. The summed E-state index contributed by atoms with van der Waals surface area (Å²) >= 11 is 0. The molecule has 0 saturated carbocycles. The lowest BCUT2D eigenvalue weighted by Gasteiger charge is -2.39. The molecular formula is C18H23N5O3. The first-order chi connectivity index (χ1) is 12.4. The number of imide groups is 1. The van der Waals surface area contributed by atoms with E-state index in [0.29, 0.717) is 38.3 Å². The molecule has 3 fully saturated rings. The van der Waals surface area contributed by atoms with Gasteiger partial charge in [0.25, 0.3) is 11.8 Å². The normalized spacial score (nSPS) is 24.5. The van der Waals surface area contributed by atoms with E-state index in [0.717, 1.165) is 18.5 Å². The van der Waals surface area contributed by atoms with Gasteiger partial charge in [-0.25, -0.2) is 9.78 Å². The van der Waals surface area contributed by atoms with E-state index in [1.54, 1.807) is 16.0 Å². The van der Waals surface area contributed by atoms with Gasteiger partial charge in [0.15, 0.2) is 0 Å². The van der Waals surface area contributed by atoms with E-state index in [1.165, 1.54) is 11.1 Å². The molecule has 138 valence electrons. The van der Waals surface area contributed by atoms with Crippen molar-refractivity contribution in [2.75, 3.05) is 26.2 Å². The van der Waals surface area contributed by atoms with Crippen LogP contribution in [-0.4, -0.2) is 74.7 Å². The molecule has 3 saturated heterocycles. The molecule has 1 aromatic heterocycles. The third kappa shape index (κ3) is 2.55. The highest BCUT2D eigenvalue weighted by atomic mass is 16.2. The van der Waals surface area contributed by atoms with Crippen molar-refractivity contribution in [3.63, 3.8) is 0 Å². The molecule has 3 aliphatic rings. The van der Waals surface area contributed by atoms with Gasteiger partial charge in [-0.15, -0.1) is 0 Å². The summed E-state index contributed by atoms with van der Waals surface area (Å²) in [5, 5.41) is 0. The number of aryl methyl sites for hydroxylation is 1. The molecule has 1 aromatic rings. The third-order valence-corrected chi connectivity index (χ3v) is 5.96. The summed E-state index contributed by atoms with van der Waals surface area (Å²) in [4.78, 5) is 50.6. The van der Waals surface area contributed by atoms with Gasteiger partial charge in [0, 0.05) is 32.4 Å². The number of likely N-dealkylation sites (N-methyl/N-ethyl adjacent to an activating group) is 1. The maximum atomic E-state index is 12.6. The van der Waals surface area contributed by atoms with Crippen LogP contribution in [0.1, 0.15) is 42.4 Å². The molecule has 3 aliphatic heterocycles. The lowest BCUT2D eigenvalue weighted by atomic mass is 9.76. The monoisotopic (exact) mass is 357 g/mol. The van der Waals surface area contributed by atoms with E-state index >= 15 is 0 Å². The van der Waals surface area contributed by atoms with Gasteiger partial charge in [0.2, 0.25) is 0 Å². The minimum Gasteiger partial charge on any atom is -0.337 e. The average Bonchev–Trinajstić information content (AvgIpc) is 3.11. The fraction of sp³-hybridized carbons (Fsp3) is 0.611. The fourth-order valence-corrected chi connectivity index (χ4v) is 4.41. The Hall–Kier alpha value is -2.51. The van der Waals surface area contributed by atoms with Gasteiger partial charge in [0.1, 0.15) is 11.7 Å². The van der Waals surface area contributed by atoms with E-state index in [9.17, 15) is 14.4 Å². The summed E-state index contributed by atoms with van der Waals surface area (Å²) in [6, 6.07) is -0.472. The number of rotatable bonds is 2. The summed E-state index contributed by atoms with van der Waals surface area (Å²) in [6.07, 6.45) is 5.43. The predicted molar refractivity (Wildman–Crippen MR) is 92.2 cm³/mol. The summed E-state index contributed by atoms with van der Waals surface area (Å²) in [5.74, 6) is -0.169. The highest BCUT2D eigenvalue weighted by Crippen LogP contribution is 2.46. The Balaban J connectivity index is 1.42. The summed E-state index contributed by atoms with van der Waals surface area (Å²) in [7, 11) is 0. The number of fused-ring (bicyclic) bond motifs is 1. The van der Waals surface area contributed by atoms with Crippen molar-refractivity contribution in [1.29, 1.82) is 0 Å². The Morgan fingerprint density at radius 3 is 2.54 bits per heavy atom. The van der Waals surface area contributed by atoms with Crippen LogP contribution in [0.3, 0.4) is 0 Å². The van der Waals surface area contributed by atoms with Crippen LogP contribution in [0, 0.1) is 12.3 Å². The van der Waals surface area contributed by atoms with Crippen LogP contribution >= 0.6 is 0 Å². The zero-order valence-electron chi connectivity index (χ0n) is 15.1. The number of hydrogen-bond acceptors (Lipinski definition) is 5. The van der Waals surface area contributed by atoms with Crippen LogP contribution in [0.4, 0.5) is 4.79 Å². The number of carbonyl (C=O) groups excluding carboxylic acids is 3. The van der Waals surface area contributed by atoms with E-state index in [2.05, 4.69) is 9.97 Å². The standard InChI is InChI=1S/C18H23N5O3/c1-3-22-16(25)14-8-18(11-23(14)17(22)26)4-6-21(7-5-18)15(24)13-10-19-12(2)9-20-13/h9-10,14H,3-8,11H2,1-2H3. The molecule has 0 bridgehead atoms. The molecule has 4 rings (SSSR count). The van der Waals surface area contributed by atoms with Gasteiger partial charge in [-0.05, 0) is 38.5 Å². The van der Waals surface area contributed by atoms with E-state index < -0.39 is 0 Å². The van der Waals surface area contributed by atoms with Crippen molar-refractivity contribution in [1.82, 2.24) is 24.7 Å². The number of likely N-dealkylation sites (tertiary alicyclic amines) is 1. The Kier molecular flexibility index (Phi) is 3.93. The maximum absolute atomic E-state index is 12.6. The fourth-order valence-electron chi connectivity index (χ4n) is 4.41. The summed E-state index contributed by atoms with van der Waals surface area (Å²) in [6.45, 7) is 5.94. The lowest BCUT2D eigenvalue weighted by molar-refractivity contribution is -0.128. The summed E-state index contributed by atoms with van der Waals surface area (Å²) in [5.41, 5.74) is 1.09. The second-order valence-corrected chi connectivity index (χ2v) is 7.55. The zero-order valence-corrected chi connectivity index (χ0v) is 15.1. The highest BCUT2D eigenvalue weighted by Gasteiger charge is 2.56. The topological polar surface area (TPSA) is 86.7 Å². The second-order valence-electron chi connectivity index (χ2n) is 7.55. The minimum atomic E-state index is -0.312. The smallest absolute Gasteiger partial charge is 0.327 e. The van der Waals surface area contributed by atoms with Gasteiger partial charge in [0.05, 0.1) is 11.9 Å². The quantitative estimate of drug-likeness (QED) is 0.739. The molecule has 1 spiro atoms. The molecule has 0 aromatic carbocycles. The van der Waals surface area contributed by atoms with Gasteiger partial charge >= 0.3 is 6.03 Å². The third-order valence-electron chi connectivity index (χ3n) is 5.96. The van der Waals surface area contributed by atoms with Crippen LogP contribution in [0.2, 0.25) is 0 Å². The van der Waals surface area contributed by atoms with Crippen molar-refractivity contribution in [2.24, 2.45) is 5.41 Å². The molecule has 4 heterocycles. The van der Waals surface area contributed by atoms with E-state index in [1.807, 2.05) is 13.8 Å². The Morgan fingerprint density at radius 1 is 1.23 bits per heavy atom. The van der Waals surface area contributed by atoms with Gasteiger partial charge in [-0.1, -0.05) is 0 Å². The van der Waals surface area contributed by atoms with Crippen molar-refractivity contribution < 1.29 is 14.4 Å². The molecule has 0 aliphatic carbocycles. The van der Waals surface area contributed by atoms with Crippen molar-refractivity contribution in [3.05, 3.63) is 23.8 Å². The van der Waals surface area contributed by atoms with Gasteiger partial charge < -0.3 is 9.80 Å². The predicted octanol–water partition coefficient (Wildman–Crippen LogP) is 1.06. The van der Waals surface area contributed by atoms with Crippen LogP contribution in [0.25, 0.3) is 0 Å². The van der Waals surface area contributed by atoms with Gasteiger partial charge in [-0.2, -0.15) is 0 Å². The van der Waals surface area contributed by atoms with Crippen molar-refractivity contribution in [3.8, 4) is 0 Å². The summed E-state index contributed by atoms with van der Waals surface area (Å²) < 4.78 is 0. The second kappa shape index (κ2) is 6.03. The van der Waals surface area contributed by atoms with Crippen LogP contribution < -0.4 is 0 Å². The van der Waals surface area contributed by atoms with Crippen LogP contribution in [0.5, 0.6) is 0 Å². The molecule has 0 radical (unpaired) electrons. The number of urea groups is 1. The van der Waals surface area contributed by atoms with Crippen LogP contribution in [0.15, 0.2) is 12.4 Å². The Bertz CT molecular complexity index is 729. The molecule has 1 unspecified atom stereocenters. The zero-order chi connectivity index (χ0) is 18.5. The number of aromatic nitrogens is 2.